The zero-order valence-electron chi connectivity index (χ0n) is 22.6. The SMILES string of the molecule is COC[C@H]1C[C@H]2COc3c(Sc4cnc(N5CCC6(CC5)COC5(CCC5)[C@H]6N)c(CO)n4)ccnc3N2C1. The van der Waals surface area contributed by atoms with Gasteiger partial charge in [-0.15, -0.1) is 0 Å². The molecule has 10 nitrogen and oxygen atoms in total. The second-order valence-electron chi connectivity index (χ2n) is 11.9. The van der Waals surface area contributed by atoms with E-state index >= 15 is 0 Å². The average Bonchev–Trinajstić information content (AvgIpc) is 3.48. The summed E-state index contributed by atoms with van der Waals surface area (Å²) < 4.78 is 17.9. The lowest BCUT2D eigenvalue weighted by Gasteiger charge is -2.47. The molecule has 11 heteroatoms. The van der Waals surface area contributed by atoms with E-state index in [9.17, 15) is 5.11 Å². The van der Waals surface area contributed by atoms with Crippen molar-refractivity contribution in [1.29, 1.82) is 0 Å². The summed E-state index contributed by atoms with van der Waals surface area (Å²) in [4.78, 5) is 19.8. The molecule has 6 heterocycles. The summed E-state index contributed by atoms with van der Waals surface area (Å²) in [6.07, 6.45) is 10.0. The van der Waals surface area contributed by atoms with E-state index in [1.165, 1.54) is 18.2 Å². The number of anilines is 2. The first kappa shape index (κ1) is 25.8. The maximum absolute atomic E-state index is 10.2. The van der Waals surface area contributed by atoms with E-state index in [4.69, 9.17) is 29.9 Å². The van der Waals surface area contributed by atoms with Gasteiger partial charge in [-0.1, -0.05) is 11.8 Å². The van der Waals surface area contributed by atoms with Crippen molar-refractivity contribution in [3.63, 3.8) is 0 Å². The first-order valence-electron chi connectivity index (χ1n) is 14.2. The molecule has 2 aromatic rings. The van der Waals surface area contributed by atoms with Crippen molar-refractivity contribution in [2.75, 3.05) is 56.4 Å². The molecule has 5 aliphatic rings. The summed E-state index contributed by atoms with van der Waals surface area (Å²) in [6.45, 7) is 4.61. The molecular formula is C28H38N6O4S. The van der Waals surface area contributed by atoms with Gasteiger partial charge >= 0.3 is 0 Å². The molecule has 1 saturated carbocycles. The van der Waals surface area contributed by atoms with Crippen molar-refractivity contribution >= 4 is 23.4 Å². The number of aliphatic hydroxyl groups is 1. The van der Waals surface area contributed by atoms with E-state index in [1.807, 2.05) is 12.3 Å². The Morgan fingerprint density at radius 1 is 1.21 bits per heavy atom. The number of fused-ring (bicyclic) bond motifs is 3. The Labute approximate surface area is 233 Å². The number of nitrogens with two attached hydrogens (primary N) is 1. The third-order valence-corrected chi connectivity index (χ3v) is 10.7. The lowest BCUT2D eigenvalue weighted by atomic mass is 9.64. The quantitative estimate of drug-likeness (QED) is 0.548. The molecule has 0 bridgehead atoms. The summed E-state index contributed by atoms with van der Waals surface area (Å²) in [6, 6.07) is 2.41. The van der Waals surface area contributed by atoms with Gasteiger partial charge in [0.1, 0.15) is 17.3 Å². The van der Waals surface area contributed by atoms with Crippen LogP contribution in [0.1, 0.15) is 44.2 Å². The number of rotatable bonds is 6. The molecule has 1 aliphatic carbocycles. The highest BCUT2D eigenvalue weighted by atomic mass is 32.2. The van der Waals surface area contributed by atoms with Gasteiger partial charge in [-0.3, -0.25) is 0 Å². The van der Waals surface area contributed by atoms with Crippen LogP contribution in [0.2, 0.25) is 0 Å². The fourth-order valence-corrected chi connectivity index (χ4v) is 8.23. The summed E-state index contributed by atoms with van der Waals surface area (Å²) in [7, 11) is 1.76. The number of hydrogen-bond donors (Lipinski definition) is 2. The van der Waals surface area contributed by atoms with Gasteiger partial charge in [0.15, 0.2) is 17.4 Å². The van der Waals surface area contributed by atoms with Gasteiger partial charge in [0.05, 0.1) is 42.6 Å². The number of ether oxygens (including phenoxy) is 3. The van der Waals surface area contributed by atoms with Crippen LogP contribution in [-0.4, -0.2) is 84.3 Å². The predicted molar refractivity (Wildman–Crippen MR) is 147 cm³/mol. The molecule has 3 N–H and O–H groups in total. The van der Waals surface area contributed by atoms with E-state index in [0.717, 1.165) is 92.3 Å². The van der Waals surface area contributed by atoms with E-state index in [1.54, 1.807) is 13.3 Å². The Hall–Kier alpha value is -2.18. The van der Waals surface area contributed by atoms with E-state index in [0.29, 0.717) is 24.3 Å². The normalized spacial score (nSPS) is 28.3. The van der Waals surface area contributed by atoms with Gasteiger partial charge in [-0.2, -0.15) is 0 Å². The molecule has 39 heavy (non-hydrogen) atoms. The molecule has 0 amide bonds. The second kappa shape index (κ2) is 10.0. The van der Waals surface area contributed by atoms with Gasteiger partial charge in [-0.05, 0) is 44.6 Å². The molecule has 2 aromatic heterocycles. The topological polar surface area (TPSA) is 119 Å². The van der Waals surface area contributed by atoms with Gasteiger partial charge in [0.25, 0.3) is 0 Å². The molecule has 210 valence electrons. The van der Waals surface area contributed by atoms with Crippen molar-refractivity contribution in [3.05, 3.63) is 24.2 Å². The van der Waals surface area contributed by atoms with Gasteiger partial charge in [0, 0.05) is 50.3 Å². The minimum absolute atomic E-state index is 0.0535. The summed E-state index contributed by atoms with van der Waals surface area (Å²) in [5.41, 5.74) is 7.36. The van der Waals surface area contributed by atoms with Crippen LogP contribution in [0.15, 0.2) is 28.4 Å². The Kier molecular flexibility index (Phi) is 6.62. The summed E-state index contributed by atoms with van der Waals surface area (Å²) >= 11 is 1.50. The van der Waals surface area contributed by atoms with Crippen LogP contribution >= 0.6 is 11.8 Å². The molecule has 4 fully saturated rings. The predicted octanol–water partition coefficient (Wildman–Crippen LogP) is 2.62. The smallest absolute Gasteiger partial charge is 0.175 e. The van der Waals surface area contributed by atoms with Crippen LogP contribution in [0.3, 0.4) is 0 Å². The minimum atomic E-state index is -0.161. The van der Waals surface area contributed by atoms with E-state index < -0.39 is 0 Å². The zero-order chi connectivity index (χ0) is 26.6. The highest BCUT2D eigenvalue weighted by Crippen LogP contribution is 2.53. The van der Waals surface area contributed by atoms with Crippen molar-refractivity contribution in [3.8, 4) is 5.75 Å². The van der Waals surface area contributed by atoms with Crippen LogP contribution in [-0.2, 0) is 16.1 Å². The largest absolute Gasteiger partial charge is 0.486 e. The minimum Gasteiger partial charge on any atom is -0.486 e. The Morgan fingerprint density at radius 3 is 2.77 bits per heavy atom. The van der Waals surface area contributed by atoms with E-state index in [-0.39, 0.29) is 23.7 Å². The first-order chi connectivity index (χ1) is 19.0. The number of pyridine rings is 1. The zero-order valence-corrected chi connectivity index (χ0v) is 23.4. The monoisotopic (exact) mass is 554 g/mol. The van der Waals surface area contributed by atoms with E-state index in [2.05, 4.69) is 14.8 Å². The van der Waals surface area contributed by atoms with Crippen molar-refractivity contribution in [2.24, 2.45) is 17.1 Å². The number of piperidine rings is 1. The van der Waals surface area contributed by atoms with Crippen molar-refractivity contribution in [1.82, 2.24) is 15.0 Å². The van der Waals surface area contributed by atoms with Gasteiger partial charge < -0.3 is 34.9 Å². The van der Waals surface area contributed by atoms with Gasteiger partial charge in [0.2, 0.25) is 0 Å². The number of nitrogens with zero attached hydrogens (tertiary/aromatic N) is 5. The Morgan fingerprint density at radius 2 is 2.05 bits per heavy atom. The number of methoxy groups -OCH3 is 1. The van der Waals surface area contributed by atoms with Crippen molar-refractivity contribution in [2.45, 2.75) is 72.7 Å². The first-order valence-corrected chi connectivity index (χ1v) is 15.0. The summed E-state index contributed by atoms with van der Waals surface area (Å²) in [5.74, 6) is 2.94. The molecule has 3 atom stereocenters. The second-order valence-corrected chi connectivity index (χ2v) is 13.0. The number of hydrogen-bond acceptors (Lipinski definition) is 11. The molecule has 3 saturated heterocycles. The average molecular weight is 555 g/mol. The standard InChI is InChI=1S/C28H38N6O4S/c1-36-15-18-11-19-16-37-23-21(3-8-30-25(23)34(19)13-18)39-22-12-31-24(20(14-35)32-22)33-9-6-27(7-10-33)17-38-28(26(27)29)4-2-5-28/h3,8,12,18-19,26,35H,2,4-7,9-11,13-17,29H2,1H3/t18-,19-,26-/m0/s1. The molecular weight excluding hydrogens is 516 g/mol. The van der Waals surface area contributed by atoms with Crippen molar-refractivity contribution < 1.29 is 19.3 Å². The van der Waals surface area contributed by atoms with Crippen LogP contribution in [0.4, 0.5) is 11.6 Å². The number of aliphatic hydroxyl groups excluding tert-OH is 1. The lowest BCUT2D eigenvalue weighted by molar-refractivity contribution is -0.0646. The fraction of sp³-hybridized carbons (Fsp3) is 0.679. The highest BCUT2D eigenvalue weighted by molar-refractivity contribution is 7.99. The maximum atomic E-state index is 10.2. The maximum Gasteiger partial charge on any atom is 0.175 e. The summed E-state index contributed by atoms with van der Waals surface area (Å²) in [5, 5.41) is 11.0. The molecule has 4 aliphatic heterocycles. The lowest BCUT2D eigenvalue weighted by Crippen LogP contribution is -2.58. The molecule has 0 unspecified atom stereocenters. The third kappa shape index (κ3) is 4.28. The fourth-order valence-electron chi connectivity index (χ4n) is 7.37. The number of aromatic nitrogens is 3. The third-order valence-electron chi connectivity index (χ3n) is 9.74. The van der Waals surface area contributed by atoms with Crippen LogP contribution in [0.5, 0.6) is 5.75 Å². The Balaban J connectivity index is 1.06. The highest BCUT2D eigenvalue weighted by Gasteiger charge is 2.59. The van der Waals surface area contributed by atoms with Crippen LogP contribution < -0.4 is 20.3 Å². The Bertz CT molecular complexity index is 1220. The van der Waals surface area contributed by atoms with Crippen LogP contribution in [0.25, 0.3) is 0 Å². The molecule has 7 rings (SSSR count). The molecule has 2 spiro atoms. The molecule has 0 radical (unpaired) electrons. The molecule has 0 aromatic carbocycles. The van der Waals surface area contributed by atoms with Gasteiger partial charge in [-0.25, -0.2) is 15.0 Å². The van der Waals surface area contributed by atoms with Crippen LogP contribution in [0, 0.1) is 11.3 Å².